The van der Waals surface area contributed by atoms with E-state index in [1.54, 1.807) is 0 Å². The van der Waals surface area contributed by atoms with Crippen LogP contribution in [0.2, 0.25) is 0 Å². The molecule has 1 fully saturated rings. The Bertz CT molecular complexity index is 1840. The highest BCUT2D eigenvalue weighted by molar-refractivity contribution is 5.78. The summed E-state index contributed by atoms with van der Waals surface area (Å²) >= 11 is 0. The minimum atomic E-state index is 0.00922. The fraction of sp³-hybridized carbons (Fsp3) is 0.200. The minimum Gasteiger partial charge on any atom is -0.311 e. The van der Waals surface area contributed by atoms with Gasteiger partial charge in [0.1, 0.15) is 0 Å². The molecule has 47 heavy (non-hydrogen) atoms. The van der Waals surface area contributed by atoms with Crippen molar-refractivity contribution in [3.63, 3.8) is 0 Å². The van der Waals surface area contributed by atoms with Crippen molar-refractivity contribution >= 4 is 34.1 Å². The van der Waals surface area contributed by atoms with Crippen molar-refractivity contribution in [2.45, 2.75) is 58.3 Å². The van der Waals surface area contributed by atoms with E-state index in [0.29, 0.717) is 0 Å². The molecule has 0 atom stereocenters. The Morgan fingerprint density at radius 3 is 0.979 bits per heavy atom. The van der Waals surface area contributed by atoms with E-state index in [2.05, 4.69) is 182 Å². The third-order valence-corrected chi connectivity index (χ3v) is 9.95. The molecule has 0 saturated heterocycles. The molecule has 234 valence electrons. The average molecular weight is 613 g/mol. The molecule has 0 spiro atoms. The summed E-state index contributed by atoms with van der Waals surface area (Å²) in [5.41, 5.74) is 13.7. The normalized spacial score (nSPS) is 14.0. The van der Waals surface area contributed by atoms with E-state index in [-0.39, 0.29) is 5.41 Å². The van der Waals surface area contributed by atoms with E-state index >= 15 is 0 Å². The van der Waals surface area contributed by atoms with Gasteiger partial charge in [0.2, 0.25) is 0 Å². The molecule has 0 heterocycles. The Morgan fingerprint density at radius 2 is 0.638 bits per heavy atom. The predicted octanol–water partition coefficient (Wildman–Crippen LogP) is 12.8. The van der Waals surface area contributed by atoms with Gasteiger partial charge in [-0.3, -0.25) is 0 Å². The fourth-order valence-electron chi connectivity index (χ4n) is 7.31. The van der Waals surface area contributed by atoms with Crippen molar-refractivity contribution in [3.05, 3.63) is 179 Å². The molecule has 0 aliphatic heterocycles. The average Bonchev–Trinajstić information content (AvgIpc) is 3.12. The first-order valence-electron chi connectivity index (χ1n) is 17.1. The Kier molecular flexibility index (Phi) is 8.68. The largest absolute Gasteiger partial charge is 0.311 e. The molecule has 0 N–H and O–H groups in total. The topological polar surface area (TPSA) is 6.48 Å². The van der Waals surface area contributed by atoms with E-state index < -0.39 is 0 Å². The Morgan fingerprint density at radius 1 is 0.340 bits per heavy atom. The van der Waals surface area contributed by atoms with E-state index in [1.807, 2.05) is 0 Å². The second kappa shape index (κ2) is 13.3. The summed E-state index contributed by atoms with van der Waals surface area (Å²) in [7, 11) is 0. The molecule has 1 aliphatic carbocycles. The Balaban J connectivity index is 1.25. The van der Waals surface area contributed by atoms with Gasteiger partial charge in [-0.15, -0.1) is 0 Å². The van der Waals surface area contributed by atoms with Crippen molar-refractivity contribution < 1.29 is 0 Å². The van der Waals surface area contributed by atoms with Crippen LogP contribution in [0.1, 0.15) is 59.9 Å². The molecular formula is C45H44N2. The first-order valence-corrected chi connectivity index (χ1v) is 17.1. The van der Waals surface area contributed by atoms with Crippen molar-refractivity contribution in [3.8, 4) is 0 Å². The molecule has 1 saturated carbocycles. The van der Waals surface area contributed by atoms with Crippen LogP contribution >= 0.6 is 0 Å². The number of benzene rings is 6. The van der Waals surface area contributed by atoms with Gasteiger partial charge in [-0.25, -0.2) is 0 Å². The maximum absolute atomic E-state index is 2.40. The summed E-state index contributed by atoms with van der Waals surface area (Å²) in [6, 6.07) is 56.1. The number of hydrogen-bond donors (Lipinski definition) is 0. The van der Waals surface area contributed by atoms with Crippen LogP contribution in [0.15, 0.2) is 152 Å². The number of aryl methyl sites for hydroxylation is 3. The molecular weight excluding hydrogens is 569 g/mol. The van der Waals surface area contributed by atoms with E-state index in [9.17, 15) is 0 Å². The molecule has 0 radical (unpaired) electrons. The summed E-state index contributed by atoms with van der Waals surface area (Å²) < 4.78 is 0. The highest BCUT2D eigenvalue weighted by atomic mass is 15.1. The minimum absolute atomic E-state index is 0.00922. The lowest BCUT2D eigenvalue weighted by Crippen LogP contribution is -2.30. The first kappa shape index (κ1) is 30.6. The monoisotopic (exact) mass is 612 g/mol. The van der Waals surface area contributed by atoms with Crippen molar-refractivity contribution in [2.24, 2.45) is 0 Å². The summed E-state index contributed by atoms with van der Waals surface area (Å²) in [6.45, 7) is 6.43. The fourth-order valence-corrected chi connectivity index (χ4v) is 7.31. The van der Waals surface area contributed by atoms with Gasteiger partial charge in [0.15, 0.2) is 0 Å². The molecule has 6 aromatic carbocycles. The van der Waals surface area contributed by atoms with Crippen LogP contribution in [0.4, 0.5) is 34.1 Å². The second-order valence-corrected chi connectivity index (χ2v) is 13.2. The smallest absolute Gasteiger partial charge is 0.0461 e. The number of rotatable bonds is 8. The van der Waals surface area contributed by atoms with Gasteiger partial charge >= 0.3 is 0 Å². The second-order valence-electron chi connectivity index (χ2n) is 13.2. The van der Waals surface area contributed by atoms with Crippen LogP contribution in [0.25, 0.3) is 0 Å². The highest BCUT2D eigenvalue weighted by Gasteiger charge is 2.36. The molecule has 6 aromatic rings. The lowest BCUT2D eigenvalue weighted by molar-refractivity contribution is 0.346. The Labute approximate surface area is 281 Å². The molecule has 0 amide bonds. The van der Waals surface area contributed by atoms with Crippen molar-refractivity contribution in [1.82, 2.24) is 0 Å². The summed E-state index contributed by atoms with van der Waals surface area (Å²) in [5.74, 6) is 0. The van der Waals surface area contributed by atoms with Crippen LogP contribution < -0.4 is 9.80 Å². The van der Waals surface area contributed by atoms with Gasteiger partial charge in [0, 0.05) is 39.5 Å². The lowest BCUT2D eigenvalue weighted by atomic mass is 9.65. The molecule has 1 aliphatic rings. The third kappa shape index (κ3) is 6.33. The molecule has 7 rings (SSSR count). The van der Waals surface area contributed by atoms with Gasteiger partial charge in [-0.2, -0.15) is 0 Å². The van der Waals surface area contributed by atoms with Crippen molar-refractivity contribution in [1.29, 1.82) is 0 Å². The number of anilines is 6. The van der Waals surface area contributed by atoms with Gasteiger partial charge in [0.05, 0.1) is 0 Å². The highest BCUT2D eigenvalue weighted by Crippen LogP contribution is 2.47. The van der Waals surface area contributed by atoms with Gasteiger partial charge in [-0.05, 0) is 118 Å². The maximum atomic E-state index is 2.40. The number of para-hydroxylation sites is 1. The molecule has 2 nitrogen and oxygen atoms in total. The van der Waals surface area contributed by atoms with Crippen LogP contribution in [0.5, 0.6) is 0 Å². The maximum Gasteiger partial charge on any atom is 0.0461 e. The van der Waals surface area contributed by atoms with E-state index in [1.165, 1.54) is 94.0 Å². The lowest BCUT2D eigenvalue weighted by Gasteiger charge is -2.39. The first-order chi connectivity index (χ1) is 23.0. The zero-order chi connectivity index (χ0) is 32.2. The number of nitrogens with zero attached hydrogens (tertiary/aromatic N) is 2. The predicted molar refractivity (Wildman–Crippen MR) is 200 cm³/mol. The van der Waals surface area contributed by atoms with Crippen LogP contribution in [-0.2, 0) is 5.41 Å². The molecule has 0 aromatic heterocycles. The standard InChI is InChI=1S/C45H44N2/c1-34-12-22-40(23-13-34)46(39-10-6-4-7-11-39)43-28-18-37(19-29-43)45(32-8-5-9-33-45)38-20-30-44(31-21-38)47(41-24-14-35(2)15-25-41)42-26-16-36(3)17-27-42/h4,6-7,10-31H,5,8-9,32-33H2,1-3H3. The van der Waals surface area contributed by atoms with E-state index in [0.717, 1.165) is 0 Å². The van der Waals surface area contributed by atoms with Crippen molar-refractivity contribution in [2.75, 3.05) is 9.80 Å². The third-order valence-electron chi connectivity index (χ3n) is 9.95. The zero-order valence-electron chi connectivity index (χ0n) is 27.9. The van der Waals surface area contributed by atoms with Gasteiger partial charge < -0.3 is 9.80 Å². The number of hydrogen-bond acceptors (Lipinski definition) is 2. The SMILES string of the molecule is Cc1ccc(N(c2ccccc2)c2ccc(C3(c4ccc(N(c5ccc(C)cc5)c5ccc(C)cc5)cc4)CCCCC3)cc2)cc1. The molecule has 2 heteroatoms. The molecule has 0 bridgehead atoms. The zero-order valence-corrected chi connectivity index (χ0v) is 27.9. The van der Waals surface area contributed by atoms with Crippen LogP contribution in [0, 0.1) is 20.8 Å². The van der Waals surface area contributed by atoms with Crippen LogP contribution in [0.3, 0.4) is 0 Å². The summed E-state index contributed by atoms with van der Waals surface area (Å²) in [6.07, 6.45) is 6.16. The Hall–Kier alpha value is -5.08. The quantitative estimate of drug-likeness (QED) is 0.169. The summed E-state index contributed by atoms with van der Waals surface area (Å²) in [5, 5.41) is 0. The van der Waals surface area contributed by atoms with E-state index in [4.69, 9.17) is 0 Å². The van der Waals surface area contributed by atoms with Gasteiger partial charge in [0.25, 0.3) is 0 Å². The summed E-state index contributed by atoms with van der Waals surface area (Å²) in [4.78, 5) is 4.73. The van der Waals surface area contributed by atoms with Gasteiger partial charge in [-0.1, -0.05) is 115 Å². The van der Waals surface area contributed by atoms with Crippen LogP contribution in [-0.4, -0.2) is 0 Å². The molecule has 0 unspecified atom stereocenters.